The summed E-state index contributed by atoms with van der Waals surface area (Å²) >= 11 is 12.6. The van der Waals surface area contributed by atoms with Gasteiger partial charge in [0.15, 0.2) is 5.37 Å². The monoisotopic (exact) mass is 414 g/mol. The van der Waals surface area contributed by atoms with Crippen LogP contribution >= 0.6 is 23.2 Å². The molecule has 0 spiro atoms. The van der Waals surface area contributed by atoms with Gasteiger partial charge in [0.2, 0.25) is 20.2 Å². The maximum atomic E-state index is 13.1. The molecule has 0 aliphatic heterocycles. The third kappa shape index (κ3) is 4.76. The van der Waals surface area contributed by atoms with Crippen molar-refractivity contribution in [2.45, 2.75) is 21.1 Å². The van der Waals surface area contributed by atoms with Crippen molar-refractivity contribution in [2.24, 2.45) is 0 Å². The van der Waals surface area contributed by atoms with E-state index in [2.05, 4.69) is 5.32 Å². The van der Waals surface area contributed by atoms with Crippen molar-refractivity contribution in [3.63, 3.8) is 0 Å². The molecule has 140 valence electrons. The number of hydrogen-bond donors (Lipinski definition) is 1. The van der Waals surface area contributed by atoms with Crippen LogP contribution in [0.3, 0.4) is 0 Å². The van der Waals surface area contributed by atoms with Crippen LogP contribution in [0.4, 0.5) is 0 Å². The molecule has 1 unspecified atom stereocenters. The predicted molar refractivity (Wildman–Crippen MR) is 104 cm³/mol. The van der Waals surface area contributed by atoms with Gasteiger partial charge in [-0.25, -0.2) is 8.42 Å². The lowest BCUT2D eigenvalue weighted by Gasteiger charge is -2.35. The standard InChI is InChI=1S/C18H20Cl2N2O3S/c1-22(2)18(19,20)17(26(24,25)15-11-7-4-8-12-15)21-16(23)13-14-9-5-3-6-10-14/h3-12,17H,13H2,1-2H3,(H,21,23). The Morgan fingerprint density at radius 3 is 2.04 bits per heavy atom. The molecule has 1 atom stereocenters. The van der Waals surface area contributed by atoms with Crippen LogP contribution in [0.1, 0.15) is 5.56 Å². The summed E-state index contributed by atoms with van der Waals surface area (Å²) < 4.78 is 24.3. The molecule has 0 saturated heterocycles. The van der Waals surface area contributed by atoms with Crippen molar-refractivity contribution in [1.29, 1.82) is 0 Å². The van der Waals surface area contributed by atoms with Gasteiger partial charge < -0.3 is 5.32 Å². The van der Waals surface area contributed by atoms with E-state index in [1.165, 1.54) is 31.1 Å². The first-order valence-corrected chi connectivity index (χ1v) is 10.1. The number of carbonyl (C=O) groups excluding carboxylic acids is 1. The maximum absolute atomic E-state index is 13.1. The van der Waals surface area contributed by atoms with Crippen molar-refractivity contribution in [3.05, 3.63) is 66.2 Å². The van der Waals surface area contributed by atoms with Crippen LogP contribution in [-0.4, -0.2) is 43.2 Å². The highest BCUT2D eigenvalue weighted by Gasteiger charge is 2.47. The lowest BCUT2D eigenvalue weighted by molar-refractivity contribution is -0.120. The highest BCUT2D eigenvalue weighted by molar-refractivity contribution is 7.92. The normalized spacial score (nSPS) is 13.4. The average Bonchev–Trinajstić information content (AvgIpc) is 2.61. The molecule has 0 radical (unpaired) electrons. The largest absolute Gasteiger partial charge is 0.335 e. The number of hydrogen-bond acceptors (Lipinski definition) is 4. The van der Waals surface area contributed by atoms with Crippen LogP contribution in [-0.2, 0) is 21.1 Å². The second kappa shape index (κ2) is 8.39. The van der Waals surface area contributed by atoms with Gasteiger partial charge in [-0.1, -0.05) is 71.7 Å². The van der Waals surface area contributed by atoms with Gasteiger partial charge in [0.05, 0.1) is 11.3 Å². The Hall–Kier alpha value is -1.60. The molecule has 2 aromatic carbocycles. The highest BCUT2D eigenvalue weighted by Crippen LogP contribution is 2.33. The number of rotatable bonds is 7. The quantitative estimate of drug-likeness (QED) is 0.558. The molecule has 1 N–H and O–H groups in total. The molecule has 0 saturated carbocycles. The fourth-order valence-corrected chi connectivity index (χ4v) is 4.80. The van der Waals surface area contributed by atoms with E-state index < -0.39 is 25.6 Å². The minimum Gasteiger partial charge on any atom is -0.335 e. The molecule has 2 rings (SSSR count). The van der Waals surface area contributed by atoms with E-state index >= 15 is 0 Å². The number of benzene rings is 2. The summed E-state index contributed by atoms with van der Waals surface area (Å²) in [5, 5.41) is 0.944. The summed E-state index contributed by atoms with van der Waals surface area (Å²) in [5.41, 5.74) is 0.750. The van der Waals surface area contributed by atoms with Gasteiger partial charge in [0, 0.05) is 0 Å². The molecular formula is C18H20Cl2N2O3S. The van der Waals surface area contributed by atoms with E-state index in [1.54, 1.807) is 42.5 Å². The van der Waals surface area contributed by atoms with E-state index in [0.717, 1.165) is 5.56 Å². The maximum Gasteiger partial charge on any atom is 0.225 e. The number of halogens is 2. The van der Waals surface area contributed by atoms with Crippen molar-refractivity contribution >= 4 is 38.9 Å². The summed E-state index contributed by atoms with van der Waals surface area (Å²) in [4.78, 5) is 13.8. The third-order valence-electron chi connectivity index (χ3n) is 3.79. The van der Waals surface area contributed by atoms with Crippen LogP contribution in [0, 0.1) is 0 Å². The molecule has 26 heavy (non-hydrogen) atoms. The van der Waals surface area contributed by atoms with Gasteiger partial charge in [-0.2, -0.15) is 0 Å². The first-order chi connectivity index (χ1) is 12.2. The predicted octanol–water partition coefficient (Wildman–Crippen LogP) is 2.84. The van der Waals surface area contributed by atoms with Gasteiger partial charge in [0.1, 0.15) is 0 Å². The first kappa shape index (κ1) is 20.7. The summed E-state index contributed by atoms with van der Waals surface area (Å²) in [5.74, 6) is -0.492. The molecule has 2 aromatic rings. The molecule has 0 fully saturated rings. The SMILES string of the molecule is CN(C)C(Cl)(Cl)C(NC(=O)Cc1ccccc1)S(=O)(=O)c1ccccc1. The fourth-order valence-electron chi connectivity index (χ4n) is 2.31. The van der Waals surface area contributed by atoms with Gasteiger partial charge in [-0.05, 0) is 31.8 Å². The smallest absolute Gasteiger partial charge is 0.225 e. The Labute approximate surface area is 163 Å². The van der Waals surface area contributed by atoms with Crippen molar-refractivity contribution in [2.75, 3.05) is 14.1 Å². The molecule has 0 aliphatic carbocycles. The molecule has 1 amide bonds. The van der Waals surface area contributed by atoms with Crippen LogP contribution in [0.25, 0.3) is 0 Å². The van der Waals surface area contributed by atoms with E-state index in [4.69, 9.17) is 23.2 Å². The lowest BCUT2D eigenvalue weighted by Crippen LogP contribution is -2.57. The van der Waals surface area contributed by atoms with Crippen LogP contribution < -0.4 is 5.32 Å². The van der Waals surface area contributed by atoms with Crippen molar-refractivity contribution in [1.82, 2.24) is 10.2 Å². The first-order valence-electron chi connectivity index (χ1n) is 7.83. The molecule has 5 nitrogen and oxygen atoms in total. The second-order valence-electron chi connectivity index (χ2n) is 5.95. The summed E-state index contributed by atoms with van der Waals surface area (Å²) in [7, 11) is -0.952. The van der Waals surface area contributed by atoms with E-state index in [0.29, 0.717) is 0 Å². The Morgan fingerprint density at radius 1 is 1.04 bits per heavy atom. The molecular weight excluding hydrogens is 395 g/mol. The molecule has 0 bridgehead atoms. The zero-order chi connectivity index (χ0) is 19.4. The number of sulfone groups is 1. The number of carbonyl (C=O) groups is 1. The van der Waals surface area contributed by atoms with Gasteiger partial charge in [0.25, 0.3) is 0 Å². The minimum atomic E-state index is -4.03. The zero-order valence-electron chi connectivity index (χ0n) is 14.4. The highest BCUT2D eigenvalue weighted by atomic mass is 35.5. The number of nitrogens with one attached hydrogen (secondary N) is 1. The average molecular weight is 415 g/mol. The van der Waals surface area contributed by atoms with Crippen LogP contribution in [0.15, 0.2) is 65.6 Å². The van der Waals surface area contributed by atoms with Gasteiger partial charge in [-0.3, -0.25) is 9.69 Å². The Bertz CT molecular complexity index is 841. The van der Waals surface area contributed by atoms with Crippen molar-refractivity contribution < 1.29 is 13.2 Å². The summed E-state index contributed by atoms with van der Waals surface area (Å²) in [6.07, 6.45) is 0.0128. The number of likely N-dealkylation sites (N-methyl/N-ethyl adjacent to an activating group) is 1. The Kier molecular flexibility index (Phi) is 6.69. The van der Waals surface area contributed by atoms with Crippen molar-refractivity contribution in [3.8, 4) is 0 Å². The van der Waals surface area contributed by atoms with Gasteiger partial charge >= 0.3 is 0 Å². The van der Waals surface area contributed by atoms with E-state index in [9.17, 15) is 13.2 Å². The zero-order valence-corrected chi connectivity index (χ0v) is 16.7. The van der Waals surface area contributed by atoms with Crippen LogP contribution in [0.5, 0.6) is 0 Å². The van der Waals surface area contributed by atoms with Gasteiger partial charge in [-0.15, -0.1) is 0 Å². The molecule has 0 heterocycles. The van der Waals surface area contributed by atoms with E-state index in [1.807, 2.05) is 6.07 Å². The Morgan fingerprint density at radius 2 is 1.54 bits per heavy atom. The number of nitrogens with zero attached hydrogens (tertiary/aromatic N) is 1. The van der Waals surface area contributed by atoms with E-state index in [-0.39, 0.29) is 11.3 Å². The fraction of sp³-hybridized carbons (Fsp3) is 0.278. The summed E-state index contributed by atoms with van der Waals surface area (Å²) in [6.45, 7) is 0. The Balaban J connectivity index is 2.35. The number of amides is 1. The topological polar surface area (TPSA) is 66.5 Å². The number of alkyl halides is 2. The molecule has 0 aliphatic rings. The lowest BCUT2D eigenvalue weighted by atomic mass is 10.1. The summed E-state index contributed by atoms with van der Waals surface area (Å²) in [6, 6.07) is 16.7. The minimum absolute atomic E-state index is 0.0128. The molecule has 8 heteroatoms. The third-order valence-corrected chi connectivity index (χ3v) is 7.17. The molecule has 0 aromatic heterocycles. The second-order valence-corrected chi connectivity index (χ2v) is 9.33. The van der Waals surface area contributed by atoms with Crippen LogP contribution in [0.2, 0.25) is 0 Å².